The fourth-order valence-corrected chi connectivity index (χ4v) is 2.39. The smallest absolute Gasteiger partial charge is 0.272 e. The number of pyridine rings is 1. The number of anilines is 1. The summed E-state index contributed by atoms with van der Waals surface area (Å²) in [7, 11) is 0. The normalized spacial score (nSPS) is 12.2. The maximum absolute atomic E-state index is 14.2. The molecular formula is C17H16FN5O3. The van der Waals surface area contributed by atoms with Crippen LogP contribution in [0.4, 0.5) is 15.8 Å². The van der Waals surface area contributed by atoms with Gasteiger partial charge in [-0.1, -0.05) is 19.0 Å². The lowest BCUT2D eigenvalue weighted by Crippen LogP contribution is -2.18. The summed E-state index contributed by atoms with van der Waals surface area (Å²) in [6.07, 6.45) is 3.25. The summed E-state index contributed by atoms with van der Waals surface area (Å²) >= 11 is 0. The largest absolute Gasteiger partial charge is 0.371 e. The van der Waals surface area contributed by atoms with Crippen LogP contribution in [-0.2, 0) is 0 Å². The first kappa shape index (κ1) is 17.5. The zero-order valence-corrected chi connectivity index (χ0v) is 14.1. The van der Waals surface area contributed by atoms with Crippen molar-refractivity contribution in [1.82, 2.24) is 15.1 Å². The van der Waals surface area contributed by atoms with Crippen LogP contribution in [0.25, 0.3) is 11.4 Å². The molecule has 1 atom stereocenters. The molecule has 1 unspecified atom stereocenters. The Bertz CT molecular complexity index is 914. The summed E-state index contributed by atoms with van der Waals surface area (Å²) in [4.78, 5) is 18.5. The molecule has 9 heteroatoms. The lowest BCUT2D eigenvalue weighted by atomic mass is 10.0. The van der Waals surface area contributed by atoms with Crippen LogP contribution >= 0.6 is 0 Å². The molecule has 0 radical (unpaired) electrons. The first-order valence-corrected chi connectivity index (χ1v) is 7.90. The fraction of sp³-hybridized carbons (Fsp3) is 0.235. The minimum atomic E-state index is -0.725. The number of benzene rings is 1. The van der Waals surface area contributed by atoms with E-state index in [1.165, 1.54) is 12.1 Å². The van der Waals surface area contributed by atoms with Gasteiger partial charge in [0.25, 0.3) is 5.69 Å². The van der Waals surface area contributed by atoms with Gasteiger partial charge in [0.1, 0.15) is 6.04 Å². The number of nitrogens with zero attached hydrogens (tertiary/aromatic N) is 4. The third kappa shape index (κ3) is 3.66. The average Bonchev–Trinajstić information content (AvgIpc) is 3.10. The summed E-state index contributed by atoms with van der Waals surface area (Å²) in [5, 5.41) is 17.7. The highest BCUT2D eigenvalue weighted by molar-refractivity contribution is 5.53. The van der Waals surface area contributed by atoms with Gasteiger partial charge in [-0.3, -0.25) is 15.1 Å². The van der Waals surface area contributed by atoms with E-state index in [-0.39, 0.29) is 23.2 Å². The van der Waals surface area contributed by atoms with E-state index in [0.29, 0.717) is 11.4 Å². The summed E-state index contributed by atoms with van der Waals surface area (Å²) in [6.45, 7) is 3.82. The van der Waals surface area contributed by atoms with Crippen molar-refractivity contribution < 1.29 is 13.8 Å². The van der Waals surface area contributed by atoms with E-state index in [9.17, 15) is 14.5 Å². The minimum absolute atomic E-state index is 0.00760. The van der Waals surface area contributed by atoms with E-state index in [1.54, 1.807) is 24.5 Å². The summed E-state index contributed by atoms with van der Waals surface area (Å²) in [6, 6.07) is 6.52. The number of rotatable bonds is 6. The summed E-state index contributed by atoms with van der Waals surface area (Å²) in [5.41, 5.74) is 0.507. The monoisotopic (exact) mass is 357 g/mol. The van der Waals surface area contributed by atoms with Crippen LogP contribution in [0.15, 0.2) is 47.2 Å². The Morgan fingerprint density at radius 3 is 2.73 bits per heavy atom. The topological polar surface area (TPSA) is 107 Å². The highest BCUT2D eigenvalue weighted by Gasteiger charge is 2.24. The Kier molecular flexibility index (Phi) is 4.87. The van der Waals surface area contributed by atoms with Crippen molar-refractivity contribution in [3.05, 3.63) is 64.5 Å². The SMILES string of the molecule is CC(C)C(Nc1ccc([N+](=O)[O-])cc1F)c1nc(-c2cccnc2)no1. The molecular weight excluding hydrogens is 341 g/mol. The standard InChI is InChI=1S/C17H16FN5O3/c1-10(2)15(20-14-6-5-12(23(24)25)8-13(14)18)17-21-16(22-26-17)11-4-3-7-19-9-11/h3-10,15,20H,1-2H3. The van der Waals surface area contributed by atoms with Crippen LogP contribution in [-0.4, -0.2) is 20.0 Å². The van der Waals surface area contributed by atoms with Gasteiger partial charge in [0.2, 0.25) is 11.7 Å². The van der Waals surface area contributed by atoms with Gasteiger partial charge in [0, 0.05) is 24.0 Å². The van der Waals surface area contributed by atoms with Gasteiger partial charge in [0.05, 0.1) is 16.7 Å². The Hall–Kier alpha value is -3.36. The maximum Gasteiger partial charge on any atom is 0.272 e. The van der Waals surface area contributed by atoms with Gasteiger partial charge in [0.15, 0.2) is 5.82 Å². The number of non-ortho nitro benzene ring substituents is 1. The lowest BCUT2D eigenvalue weighted by molar-refractivity contribution is -0.385. The fourth-order valence-electron chi connectivity index (χ4n) is 2.39. The van der Waals surface area contributed by atoms with E-state index in [4.69, 9.17) is 4.52 Å². The van der Waals surface area contributed by atoms with Crippen LogP contribution < -0.4 is 5.32 Å². The molecule has 1 aromatic carbocycles. The molecule has 3 aromatic rings. The van der Waals surface area contributed by atoms with Crippen LogP contribution in [0, 0.1) is 21.8 Å². The molecule has 3 rings (SSSR count). The highest BCUT2D eigenvalue weighted by Crippen LogP contribution is 2.29. The van der Waals surface area contributed by atoms with E-state index in [2.05, 4.69) is 20.4 Å². The molecule has 2 heterocycles. The van der Waals surface area contributed by atoms with Crippen molar-refractivity contribution in [2.24, 2.45) is 5.92 Å². The average molecular weight is 357 g/mol. The number of hydrogen-bond donors (Lipinski definition) is 1. The van der Waals surface area contributed by atoms with Gasteiger partial charge < -0.3 is 9.84 Å². The molecule has 8 nitrogen and oxygen atoms in total. The van der Waals surface area contributed by atoms with Crippen LogP contribution in [0.5, 0.6) is 0 Å². The molecule has 0 saturated heterocycles. The molecule has 0 bridgehead atoms. The molecule has 0 aliphatic carbocycles. The molecule has 0 amide bonds. The molecule has 2 aromatic heterocycles. The Labute approximate surface area is 148 Å². The van der Waals surface area contributed by atoms with E-state index in [0.717, 1.165) is 6.07 Å². The highest BCUT2D eigenvalue weighted by atomic mass is 19.1. The number of halogens is 1. The van der Waals surface area contributed by atoms with Gasteiger partial charge in [-0.2, -0.15) is 4.98 Å². The van der Waals surface area contributed by atoms with Crippen molar-refractivity contribution in [3.63, 3.8) is 0 Å². The molecule has 0 spiro atoms. The molecule has 26 heavy (non-hydrogen) atoms. The van der Waals surface area contributed by atoms with Crippen molar-refractivity contribution >= 4 is 11.4 Å². The molecule has 0 aliphatic rings. The minimum Gasteiger partial charge on any atom is -0.371 e. The number of nitro groups is 1. The lowest BCUT2D eigenvalue weighted by Gasteiger charge is -2.20. The second-order valence-electron chi connectivity index (χ2n) is 5.99. The molecule has 1 N–H and O–H groups in total. The van der Waals surface area contributed by atoms with Crippen molar-refractivity contribution in [3.8, 4) is 11.4 Å². The van der Waals surface area contributed by atoms with E-state index >= 15 is 0 Å². The predicted octanol–water partition coefficient (Wildman–Crippen LogP) is 3.99. The second kappa shape index (κ2) is 7.26. The van der Waals surface area contributed by atoms with Crippen LogP contribution in [0.3, 0.4) is 0 Å². The van der Waals surface area contributed by atoms with Gasteiger partial charge >= 0.3 is 0 Å². The molecule has 0 fully saturated rings. The Morgan fingerprint density at radius 2 is 2.12 bits per heavy atom. The van der Waals surface area contributed by atoms with Gasteiger partial charge in [-0.15, -0.1) is 0 Å². The molecule has 134 valence electrons. The summed E-state index contributed by atoms with van der Waals surface area (Å²) in [5.74, 6) is -0.0648. The zero-order chi connectivity index (χ0) is 18.7. The van der Waals surface area contributed by atoms with Crippen molar-refractivity contribution in [2.75, 3.05) is 5.32 Å². The quantitative estimate of drug-likeness (QED) is 0.525. The van der Waals surface area contributed by atoms with Crippen LogP contribution in [0.2, 0.25) is 0 Å². The zero-order valence-electron chi connectivity index (χ0n) is 14.1. The molecule has 0 saturated carbocycles. The predicted molar refractivity (Wildman–Crippen MR) is 91.8 cm³/mol. The van der Waals surface area contributed by atoms with Crippen molar-refractivity contribution in [1.29, 1.82) is 0 Å². The first-order chi connectivity index (χ1) is 12.5. The Balaban J connectivity index is 1.87. The third-order valence-electron chi connectivity index (χ3n) is 3.77. The molecule has 0 aliphatic heterocycles. The third-order valence-corrected chi connectivity index (χ3v) is 3.77. The van der Waals surface area contributed by atoms with E-state index in [1.807, 2.05) is 13.8 Å². The van der Waals surface area contributed by atoms with Gasteiger partial charge in [-0.25, -0.2) is 4.39 Å². The van der Waals surface area contributed by atoms with Crippen LogP contribution in [0.1, 0.15) is 25.8 Å². The summed E-state index contributed by atoms with van der Waals surface area (Å²) < 4.78 is 19.5. The number of nitro benzene ring substituents is 1. The number of hydrogen-bond acceptors (Lipinski definition) is 7. The number of nitrogens with one attached hydrogen (secondary N) is 1. The van der Waals surface area contributed by atoms with E-state index < -0.39 is 16.8 Å². The second-order valence-corrected chi connectivity index (χ2v) is 5.99. The number of aromatic nitrogens is 3. The Morgan fingerprint density at radius 1 is 1.31 bits per heavy atom. The maximum atomic E-state index is 14.2. The van der Waals surface area contributed by atoms with Gasteiger partial charge in [-0.05, 0) is 24.1 Å². The first-order valence-electron chi connectivity index (χ1n) is 7.90. The van der Waals surface area contributed by atoms with Crippen molar-refractivity contribution in [2.45, 2.75) is 19.9 Å².